The highest BCUT2D eigenvalue weighted by molar-refractivity contribution is 5.92. The minimum Gasteiger partial charge on any atom is -0.444 e. The van der Waals surface area contributed by atoms with Gasteiger partial charge in [-0.25, -0.2) is 4.98 Å². The van der Waals surface area contributed by atoms with Gasteiger partial charge in [-0.05, 0) is 32.0 Å². The summed E-state index contributed by atoms with van der Waals surface area (Å²) in [6, 6.07) is 11.4. The van der Waals surface area contributed by atoms with Crippen molar-refractivity contribution >= 4 is 5.91 Å². The van der Waals surface area contributed by atoms with Crippen molar-refractivity contribution in [2.24, 2.45) is 0 Å². The van der Waals surface area contributed by atoms with Crippen LogP contribution in [0.2, 0.25) is 0 Å². The molecule has 0 atom stereocenters. The molecule has 118 valence electrons. The summed E-state index contributed by atoms with van der Waals surface area (Å²) in [7, 11) is 0. The maximum Gasteiger partial charge on any atom is 0.269 e. The molecule has 2 heterocycles. The molecule has 0 unspecified atom stereocenters. The highest BCUT2D eigenvalue weighted by atomic mass is 16.3. The second-order valence-electron chi connectivity index (χ2n) is 5.18. The largest absolute Gasteiger partial charge is 0.444 e. The van der Waals surface area contributed by atoms with E-state index in [0.717, 1.165) is 11.3 Å². The molecule has 0 radical (unpaired) electrons. The van der Waals surface area contributed by atoms with E-state index in [1.54, 1.807) is 17.0 Å². The molecule has 0 aliphatic carbocycles. The lowest BCUT2D eigenvalue weighted by Crippen LogP contribution is -2.25. The standard InChI is InChI=1S/C17H18N4O2/c1-3-21-15(9-12(2)20-21)16(22)18-10-14-11-23-17(19-14)13-7-5-4-6-8-13/h4-9,11H,3,10H2,1-2H3,(H,18,22). The van der Waals surface area contributed by atoms with Gasteiger partial charge in [0.05, 0.1) is 17.9 Å². The minimum atomic E-state index is -0.170. The molecule has 1 aromatic carbocycles. The molecule has 0 aliphatic rings. The molecular formula is C17H18N4O2. The number of rotatable bonds is 5. The first-order chi connectivity index (χ1) is 11.2. The lowest BCUT2D eigenvalue weighted by atomic mass is 10.2. The summed E-state index contributed by atoms with van der Waals surface area (Å²) in [4.78, 5) is 16.6. The van der Waals surface area contributed by atoms with Gasteiger partial charge in [-0.15, -0.1) is 0 Å². The maximum absolute atomic E-state index is 12.3. The van der Waals surface area contributed by atoms with Crippen LogP contribution in [0.3, 0.4) is 0 Å². The van der Waals surface area contributed by atoms with Crippen molar-refractivity contribution < 1.29 is 9.21 Å². The molecule has 0 bridgehead atoms. The van der Waals surface area contributed by atoms with E-state index in [9.17, 15) is 4.79 Å². The van der Waals surface area contributed by atoms with Crippen LogP contribution in [0.15, 0.2) is 47.1 Å². The Bertz CT molecular complexity index is 805. The topological polar surface area (TPSA) is 73.0 Å². The van der Waals surface area contributed by atoms with Crippen LogP contribution in [-0.4, -0.2) is 20.7 Å². The van der Waals surface area contributed by atoms with Crippen molar-refractivity contribution in [3.8, 4) is 11.5 Å². The number of amides is 1. The highest BCUT2D eigenvalue weighted by Crippen LogP contribution is 2.17. The predicted molar refractivity (Wildman–Crippen MR) is 85.7 cm³/mol. The van der Waals surface area contributed by atoms with Crippen molar-refractivity contribution in [1.82, 2.24) is 20.1 Å². The van der Waals surface area contributed by atoms with Gasteiger partial charge in [0.2, 0.25) is 5.89 Å². The average Bonchev–Trinajstić information content (AvgIpc) is 3.20. The smallest absolute Gasteiger partial charge is 0.269 e. The molecule has 3 rings (SSSR count). The van der Waals surface area contributed by atoms with Crippen molar-refractivity contribution in [2.45, 2.75) is 26.9 Å². The van der Waals surface area contributed by atoms with Crippen LogP contribution in [0.4, 0.5) is 0 Å². The quantitative estimate of drug-likeness (QED) is 0.786. The number of nitrogens with zero attached hydrogens (tertiary/aromatic N) is 3. The Hall–Kier alpha value is -2.89. The number of carbonyl (C=O) groups is 1. The summed E-state index contributed by atoms with van der Waals surface area (Å²) in [6.45, 7) is 4.78. The maximum atomic E-state index is 12.3. The molecule has 1 N–H and O–H groups in total. The van der Waals surface area contributed by atoms with Crippen molar-refractivity contribution in [1.29, 1.82) is 0 Å². The van der Waals surface area contributed by atoms with Crippen molar-refractivity contribution in [3.63, 3.8) is 0 Å². The molecule has 6 heteroatoms. The number of carbonyl (C=O) groups excluding carboxylic acids is 1. The molecule has 0 saturated heterocycles. The van der Waals surface area contributed by atoms with Gasteiger partial charge in [0.1, 0.15) is 12.0 Å². The van der Waals surface area contributed by atoms with E-state index in [2.05, 4.69) is 15.4 Å². The third-order valence-corrected chi connectivity index (χ3v) is 3.44. The van der Waals surface area contributed by atoms with E-state index in [0.29, 0.717) is 30.4 Å². The van der Waals surface area contributed by atoms with E-state index >= 15 is 0 Å². The number of aromatic nitrogens is 3. The molecule has 6 nitrogen and oxygen atoms in total. The number of oxazole rings is 1. The lowest BCUT2D eigenvalue weighted by Gasteiger charge is -2.04. The second-order valence-corrected chi connectivity index (χ2v) is 5.18. The monoisotopic (exact) mass is 310 g/mol. The molecule has 0 saturated carbocycles. The van der Waals surface area contributed by atoms with Crippen LogP contribution in [-0.2, 0) is 13.1 Å². The summed E-state index contributed by atoms with van der Waals surface area (Å²) in [6.07, 6.45) is 1.56. The number of hydrogen-bond donors (Lipinski definition) is 1. The Labute approximate surface area is 134 Å². The Balaban J connectivity index is 1.67. The van der Waals surface area contributed by atoms with Crippen LogP contribution in [0.25, 0.3) is 11.5 Å². The average molecular weight is 310 g/mol. The first-order valence-corrected chi connectivity index (χ1v) is 7.50. The molecule has 2 aromatic heterocycles. The van der Waals surface area contributed by atoms with E-state index < -0.39 is 0 Å². The van der Waals surface area contributed by atoms with Gasteiger partial charge in [-0.3, -0.25) is 9.48 Å². The zero-order valence-corrected chi connectivity index (χ0v) is 13.1. The van der Waals surface area contributed by atoms with Gasteiger partial charge < -0.3 is 9.73 Å². The third-order valence-electron chi connectivity index (χ3n) is 3.44. The molecule has 0 fully saturated rings. The Morgan fingerprint density at radius 3 is 2.83 bits per heavy atom. The Morgan fingerprint density at radius 2 is 2.09 bits per heavy atom. The summed E-state index contributed by atoms with van der Waals surface area (Å²) in [5.41, 5.74) is 2.96. The van der Waals surface area contributed by atoms with Gasteiger partial charge in [0.25, 0.3) is 5.91 Å². The number of hydrogen-bond acceptors (Lipinski definition) is 4. The van der Waals surface area contributed by atoms with Crippen molar-refractivity contribution in [3.05, 3.63) is 59.7 Å². The van der Waals surface area contributed by atoms with E-state index in [1.165, 1.54) is 0 Å². The third kappa shape index (κ3) is 3.31. The summed E-state index contributed by atoms with van der Waals surface area (Å²) in [5.74, 6) is 0.376. The molecule has 0 spiro atoms. The number of benzene rings is 1. The van der Waals surface area contributed by atoms with Crippen LogP contribution >= 0.6 is 0 Å². The van der Waals surface area contributed by atoms with Crippen LogP contribution in [0, 0.1) is 6.92 Å². The van der Waals surface area contributed by atoms with Crippen molar-refractivity contribution in [2.75, 3.05) is 0 Å². The van der Waals surface area contributed by atoms with Crippen LogP contribution in [0.5, 0.6) is 0 Å². The normalized spacial score (nSPS) is 10.7. The zero-order valence-electron chi connectivity index (χ0n) is 13.1. The summed E-state index contributed by atoms with van der Waals surface area (Å²) >= 11 is 0. The fourth-order valence-corrected chi connectivity index (χ4v) is 2.33. The number of nitrogens with one attached hydrogen (secondary N) is 1. The van der Waals surface area contributed by atoms with E-state index in [-0.39, 0.29) is 5.91 Å². The lowest BCUT2D eigenvalue weighted by molar-refractivity contribution is 0.0939. The predicted octanol–water partition coefficient (Wildman–Crippen LogP) is 2.80. The zero-order chi connectivity index (χ0) is 16.2. The van der Waals surface area contributed by atoms with Crippen LogP contribution in [0.1, 0.15) is 28.8 Å². The summed E-state index contributed by atoms with van der Waals surface area (Å²) in [5, 5.41) is 7.12. The second kappa shape index (κ2) is 6.48. The Morgan fingerprint density at radius 1 is 1.30 bits per heavy atom. The first-order valence-electron chi connectivity index (χ1n) is 7.50. The fraction of sp³-hybridized carbons (Fsp3) is 0.235. The minimum absolute atomic E-state index is 0.170. The summed E-state index contributed by atoms with van der Waals surface area (Å²) < 4.78 is 7.14. The van der Waals surface area contributed by atoms with Crippen LogP contribution < -0.4 is 5.32 Å². The molecule has 0 aliphatic heterocycles. The molecular weight excluding hydrogens is 292 g/mol. The van der Waals surface area contributed by atoms with Gasteiger partial charge in [-0.2, -0.15) is 5.10 Å². The molecule has 23 heavy (non-hydrogen) atoms. The highest BCUT2D eigenvalue weighted by Gasteiger charge is 2.14. The fourth-order valence-electron chi connectivity index (χ4n) is 2.33. The van der Waals surface area contributed by atoms with Gasteiger partial charge in [0, 0.05) is 12.1 Å². The van der Waals surface area contributed by atoms with Gasteiger partial charge in [0.15, 0.2) is 0 Å². The SMILES string of the molecule is CCn1nc(C)cc1C(=O)NCc1coc(-c2ccccc2)n1. The molecule has 1 amide bonds. The van der Waals surface area contributed by atoms with E-state index in [1.807, 2.05) is 44.2 Å². The van der Waals surface area contributed by atoms with Gasteiger partial charge >= 0.3 is 0 Å². The number of aryl methyl sites for hydroxylation is 2. The molecule has 3 aromatic rings. The van der Waals surface area contributed by atoms with E-state index in [4.69, 9.17) is 4.42 Å². The van der Waals surface area contributed by atoms with Gasteiger partial charge in [-0.1, -0.05) is 18.2 Å². The first kappa shape index (κ1) is 15.0. The Kier molecular flexibility index (Phi) is 4.23.